The van der Waals surface area contributed by atoms with Crippen LogP contribution < -0.4 is 5.32 Å². The standard InChI is InChI=1S/C15H23N3O2S/c1-4-17-13(3)14-8-6-9-15(12-14)21(19,20)18(5-2)11-7-10-16/h6,8-9,12-13,17H,4-5,7,11H2,1-3H3. The first-order valence-corrected chi connectivity index (χ1v) is 8.61. The van der Waals surface area contributed by atoms with E-state index >= 15 is 0 Å². The van der Waals surface area contributed by atoms with Crippen LogP contribution in [0, 0.1) is 11.3 Å². The lowest BCUT2D eigenvalue weighted by atomic mass is 10.1. The van der Waals surface area contributed by atoms with Crippen molar-refractivity contribution >= 4 is 10.0 Å². The lowest BCUT2D eigenvalue weighted by molar-refractivity contribution is 0.435. The number of hydrogen-bond donors (Lipinski definition) is 1. The maximum atomic E-state index is 12.6. The molecule has 0 aromatic heterocycles. The summed E-state index contributed by atoms with van der Waals surface area (Å²) in [6.45, 7) is 7.20. The zero-order valence-corrected chi connectivity index (χ0v) is 13.7. The van der Waals surface area contributed by atoms with Gasteiger partial charge in [0.15, 0.2) is 0 Å². The second-order valence-electron chi connectivity index (χ2n) is 4.76. The monoisotopic (exact) mass is 309 g/mol. The Morgan fingerprint density at radius 3 is 2.67 bits per heavy atom. The summed E-state index contributed by atoms with van der Waals surface area (Å²) >= 11 is 0. The fourth-order valence-corrected chi connectivity index (χ4v) is 3.65. The minimum atomic E-state index is -3.54. The van der Waals surface area contributed by atoms with Crippen LogP contribution in [-0.4, -0.2) is 32.4 Å². The molecule has 21 heavy (non-hydrogen) atoms. The van der Waals surface area contributed by atoms with Gasteiger partial charge in [0, 0.05) is 25.6 Å². The molecule has 0 spiro atoms. The van der Waals surface area contributed by atoms with Crippen LogP contribution in [0.1, 0.15) is 38.8 Å². The highest BCUT2D eigenvalue weighted by Gasteiger charge is 2.23. The van der Waals surface area contributed by atoms with Gasteiger partial charge < -0.3 is 5.32 Å². The van der Waals surface area contributed by atoms with Crippen LogP contribution in [0.15, 0.2) is 29.2 Å². The second-order valence-corrected chi connectivity index (χ2v) is 6.69. The molecule has 1 atom stereocenters. The van der Waals surface area contributed by atoms with Crippen molar-refractivity contribution in [1.82, 2.24) is 9.62 Å². The van der Waals surface area contributed by atoms with Crippen molar-refractivity contribution in [3.8, 4) is 6.07 Å². The quantitative estimate of drug-likeness (QED) is 0.799. The average molecular weight is 309 g/mol. The van der Waals surface area contributed by atoms with Gasteiger partial charge in [0.05, 0.1) is 11.0 Å². The van der Waals surface area contributed by atoms with E-state index in [0.717, 1.165) is 12.1 Å². The molecule has 1 unspecified atom stereocenters. The maximum absolute atomic E-state index is 12.6. The Morgan fingerprint density at radius 2 is 2.10 bits per heavy atom. The Morgan fingerprint density at radius 1 is 1.38 bits per heavy atom. The Bertz CT molecular complexity index is 593. The van der Waals surface area contributed by atoms with E-state index in [2.05, 4.69) is 5.32 Å². The predicted octanol–water partition coefficient (Wildman–Crippen LogP) is 2.28. The van der Waals surface area contributed by atoms with Crippen molar-refractivity contribution < 1.29 is 8.42 Å². The van der Waals surface area contributed by atoms with Gasteiger partial charge in [-0.25, -0.2) is 8.42 Å². The van der Waals surface area contributed by atoms with Crippen LogP contribution in [0.4, 0.5) is 0 Å². The highest BCUT2D eigenvalue weighted by atomic mass is 32.2. The summed E-state index contributed by atoms with van der Waals surface area (Å²) in [4.78, 5) is 0.282. The van der Waals surface area contributed by atoms with Crippen LogP contribution >= 0.6 is 0 Å². The van der Waals surface area contributed by atoms with E-state index < -0.39 is 10.0 Å². The average Bonchev–Trinajstić information content (AvgIpc) is 2.48. The molecule has 1 aromatic rings. The van der Waals surface area contributed by atoms with Crippen molar-refractivity contribution in [2.75, 3.05) is 19.6 Å². The summed E-state index contributed by atoms with van der Waals surface area (Å²) in [5.41, 5.74) is 0.939. The number of nitriles is 1. The van der Waals surface area contributed by atoms with Crippen molar-refractivity contribution in [2.45, 2.75) is 38.1 Å². The van der Waals surface area contributed by atoms with Crippen LogP contribution in [-0.2, 0) is 10.0 Å². The van der Waals surface area contributed by atoms with Crippen LogP contribution in [0.5, 0.6) is 0 Å². The minimum Gasteiger partial charge on any atom is -0.310 e. The van der Waals surface area contributed by atoms with Crippen LogP contribution in [0.25, 0.3) is 0 Å². The first-order chi connectivity index (χ1) is 9.97. The van der Waals surface area contributed by atoms with Gasteiger partial charge >= 0.3 is 0 Å². The van der Waals surface area contributed by atoms with Gasteiger partial charge in [-0.1, -0.05) is 26.0 Å². The predicted molar refractivity (Wildman–Crippen MR) is 83.2 cm³/mol. The molecule has 0 saturated heterocycles. The lowest BCUT2D eigenvalue weighted by Crippen LogP contribution is -2.32. The highest BCUT2D eigenvalue weighted by Crippen LogP contribution is 2.20. The van der Waals surface area contributed by atoms with Crippen molar-refractivity contribution in [3.05, 3.63) is 29.8 Å². The van der Waals surface area contributed by atoms with Gasteiger partial charge in [0.1, 0.15) is 0 Å². The van der Waals surface area contributed by atoms with E-state index in [-0.39, 0.29) is 23.9 Å². The van der Waals surface area contributed by atoms with Gasteiger partial charge in [-0.15, -0.1) is 0 Å². The molecule has 0 radical (unpaired) electrons. The van der Waals surface area contributed by atoms with Crippen LogP contribution in [0.2, 0.25) is 0 Å². The Kier molecular flexibility index (Phi) is 6.82. The van der Waals surface area contributed by atoms with E-state index in [9.17, 15) is 8.42 Å². The molecule has 1 aromatic carbocycles. The minimum absolute atomic E-state index is 0.0966. The molecule has 1 N–H and O–H groups in total. The van der Waals surface area contributed by atoms with Gasteiger partial charge in [-0.05, 0) is 31.2 Å². The second kappa shape index (κ2) is 8.13. The fraction of sp³-hybridized carbons (Fsp3) is 0.533. The van der Waals surface area contributed by atoms with Gasteiger partial charge in [-0.2, -0.15) is 9.57 Å². The molecule has 1 rings (SSSR count). The zero-order valence-electron chi connectivity index (χ0n) is 12.8. The van der Waals surface area contributed by atoms with Crippen molar-refractivity contribution in [1.29, 1.82) is 5.26 Å². The molecule has 116 valence electrons. The highest BCUT2D eigenvalue weighted by molar-refractivity contribution is 7.89. The third kappa shape index (κ3) is 4.53. The number of benzene rings is 1. The normalized spacial score (nSPS) is 13.1. The number of sulfonamides is 1. The van der Waals surface area contributed by atoms with E-state index in [1.165, 1.54) is 4.31 Å². The van der Waals surface area contributed by atoms with Crippen molar-refractivity contribution in [3.63, 3.8) is 0 Å². The molecule has 0 amide bonds. The smallest absolute Gasteiger partial charge is 0.243 e. The Hall–Kier alpha value is -1.42. The molecule has 0 aliphatic heterocycles. The fourth-order valence-electron chi connectivity index (χ4n) is 2.14. The number of nitrogens with one attached hydrogen (secondary N) is 1. The summed E-state index contributed by atoms with van der Waals surface area (Å²) in [5, 5.41) is 11.9. The molecular formula is C15H23N3O2S. The first-order valence-electron chi connectivity index (χ1n) is 7.17. The summed E-state index contributed by atoms with van der Waals surface area (Å²) in [5.74, 6) is 0. The molecule has 0 aliphatic carbocycles. The summed E-state index contributed by atoms with van der Waals surface area (Å²) in [6, 6.07) is 9.07. The van der Waals surface area contributed by atoms with Gasteiger partial charge in [0.25, 0.3) is 0 Å². The summed E-state index contributed by atoms with van der Waals surface area (Å²) < 4.78 is 26.5. The van der Waals surface area contributed by atoms with E-state index in [1.54, 1.807) is 25.1 Å². The van der Waals surface area contributed by atoms with Gasteiger partial charge in [0.2, 0.25) is 10.0 Å². The summed E-state index contributed by atoms with van der Waals surface area (Å²) in [7, 11) is -3.54. The third-order valence-electron chi connectivity index (χ3n) is 3.33. The topological polar surface area (TPSA) is 73.2 Å². The van der Waals surface area contributed by atoms with Crippen LogP contribution in [0.3, 0.4) is 0 Å². The molecule has 0 bridgehead atoms. The molecule has 0 fully saturated rings. The lowest BCUT2D eigenvalue weighted by Gasteiger charge is -2.20. The number of nitrogens with zero attached hydrogens (tertiary/aromatic N) is 2. The maximum Gasteiger partial charge on any atom is 0.243 e. The first kappa shape index (κ1) is 17.6. The van der Waals surface area contributed by atoms with E-state index in [0.29, 0.717) is 6.54 Å². The van der Waals surface area contributed by atoms with Gasteiger partial charge in [-0.3, -0.25) is 0 Å². The summed E-state index contributed by atoms with van der Waals surface area (Å²) in [6.07, 6.45) is 0.195. The van der Waals surface area contributed by atoms with E-state index in [4.69, 9.17) is 5.26 Å². The molecule has 0 heterocycles. The molecule has 0 aliphatic rings. The number of rotatable bonds is 8. The Labute approximate surface area is 127 Å². The molecular weight excluding hydrogens is 286 g/mol. The molecule has 5 nitrogen and oxygen atoms in total. The zero-order chi connectivity index (χ0) is 15.9. The third-order valence-corrected chi connectivity index (χ3v) is 5.30. The number of hydrogen-bond acceptors (Lipinski definition) is 4. The molecule has 0 saturated carbocycles. The van der Waals surface area contributed by atoms with E-state index in [1.807, 2.05) is 26.0 Å². The largest absolute Gasteiger partial charge is 0.310 e. The molecule has 6 heteroatoms. The Balaban J connectivity index is 3.08. The van der Waals surface area contributed by atoms with Crippen molar-refractivity contribution in [2.24, 2.45) is 0 Å². The SMILES string of the molecule is CCNC(C)c1cccc(S(=O)(=O)N(CC)CCC#N)c1.